The molecule has 3 heteroatoms. The van der Waals surface area contributed by atoms with E-state index in [0.717, 1.165) is 37.3 Å². The topological polar surface area (TPSA) is 32.3 Å². The van der Waals surface area contributed by atoms with Crippen molar-refractivity contribution in [1.29, 1.82) is 0 Å². The van der Waals surface area contributed by atoms with Crippen molar-refractivity contribution in [2.24, 2.45) is 5.92 Å². The molecule has 1 fully saturated rings. The van der Waals surface area contributed by atoms with Crippen molar-refractivity contribution in [2.45, 2.75) is 26.3 Å². The van der Waals surface area contributed by atoms with Crippen molar-refractivity contribution < 1.29 is 4.79 Å². The standard InChI is InChI=1S/C20H24N2O/c1-16-6-5-13-22(15-16)20(23)18-9-11-19(12-10-18)21-14-17-7-3-2-4-8-17/h2-4,7-12,16,21H,5-6,13-15H2,1H3. The van der Waals surface area contributed by atoms with E-state index in [4.69, 9.17) is 0 Å². The number of carbonyl (C=O) groups is 1. The average molecular weight is 308 g/mol. The Morgan fingerprint density at radius 2 is 1.87 bits per heavy atom. The van der Waals surface area contributed by atoms with E-state index in [2.05, 4.69) is 24.4 Å². The van der Waals surface area contributed by atoms with Gasteiger partial charge in [0.1, 0.15) is 0 Å². The van der Waals surface area contributed by atoms with E-state index in [1.54, 1.807) is 0 Å². The quantitative estimate of drug-likeness (QED) is 0.919. The van der Waals surface area contributed by atoms with Gasteiger partial charge in [-0.15, -0.1) is 0 Å². The third-order valence-corrected chi connectivity index (χ3v) is 4.42. The number of nitrogens with one attached hydrogen (secondary N) is 1. The molecule has 23 heavy (non-hydrogen) atoms. The molecule has 1 heterocycles. The number of amides is 1. The summed E-state index contributed by atoms with van der Waals surface area (Å²) in [5.41, 5.74) is 3.07. The van der Waals surface area contributed by atoms with Gasteiger partial charge in [-0.05, 0) is 48.6 Å². The molecule has 1 aliphatic heterocycles. The number of carbonyl (C=O) groups excluding carboxylic acids is 1. The number of rotatable bonds is 4. The summed E-state index contributed by atoms with van der Waals surface area (Å²) in [6.07, 6.45) is 2.34. The van der Waals surface area contributed by atoms with Crippen LogP contribution in [0.25, 0.3) is 0 Å². The predicted molar refractivity (Wildman–Crippen MR) is 94.5 cm³/mol. The first kappa shape index (κ1) is 15.6. The Kier molecular flexibility index (Phi) is 4.96. The van der Waals surface area contributed by atoms with E-state index < -0.39 is 0 Å². The van der Waals surface area contributed by atoms with Gasteiger partial charge in [0, 0.05) is 30.9 Å². The molecule has 0 aromatic heterocycles. The van der Waals surface area contributed by atoms with Crippen molar-refractivity contribution >= 4 is 11.6 Å². The smallest absolute Gasteiger partial charge is 0.253 e. The van der Waals surface area contributed by atoms with Gasteiger partial charge in [-0.3, -0.25) is 4.79 Å². The van der Waals surface area contributed by atoms with Crippen LogP contribution in [0.2, 0.25) is 0 Å². The number of hydrogen-bond donors (Lipinski definition) is 1. The van der Waals surface area contributed by atoms with Gasteiger partial charge < -0.3 is 10.2 Å². The van der Waals surface area contributed by atoms with Gasteiger partial charge in [-0.25, -0.2) is 0 Å². The molecule has 0 saturated carbocycles. The maximum absolute atomic E-state index is 12.5. The molecule has 0 radical (unpaired) electrons. The molecule has 120 valence electrons. The summed E-state index contributed by atoms with van der Waals surface area (Å²) in [5, 5.41) is 3.39. The third-order valence-electron chi connectivity index (χ3n) is 4.42. The molecule has 2 aromatic carbocycles. The van der Waals surface area contributed by atoms with Crippen LogP contribution in [0, 0.1) is 5.92 Å². The Morgan fingerprint density at radius 3 is 2.57 bits per heavy atom. The number of nitrogens with zero attached hydrogens (tertiary/aromatic N) is 1. The zero-order valence-electron chi connectivity index (χ0n) is 13.7. The zero-order chi connectivity index (χ0) is 16.1. The Balaban J connectivity index is 1.59. The summed E-state index contributed by atoms with van der Waals surface area (Å²) in [4.78, 5) is 14.5. The molecule has 0 aliphatic carbocycles. The molecule has 2 aromatic rings. The average Bonchev–Trinajstić information content (AvgIpc) is 2.61. The molecule has 0 bridgehead atoms. The highest BCUT2D eigenvalue weighted by Gasteiger charge is 2.21. The minimum Gasteiger partial charge on any atom is -0.381 e. The Morgan fingerprint density at radius 1 is 1.13 bits per heavy atom. The van der Waals surface area contributed by atoms with Crippen molar-refractivity contribution in [3.8, 4) is 0 Å². The van der Waals surface area contributed by atoms with Gasteiger partial charge in [0.25, 0.3) is 5.91 Å². The van der Waals surface area contributed by atoms with Crippen LogP contribution in [0.15, 0.2) is 54.6 Å². The summed E-state index contributed by atoms with van der Waals surface area (Å²) in [6, 6.07) is 18.1. The molecule has 1 saturated heterocycles. The van der Waals surface area contributed by atoms with E-state index in [-0.39, 0.29) is 5.91 Å². The third kappa shape index (κ3) is 4.13. The molecular formula is C20H24N2O. The molecular weight excluding hydrogens is 284 g/mol. The predicted octanol–water partition coefficient (Wildman–Crippen LogP) is 4.17. The highest BCUT2D eigenvalue weighted by molar-refractivity contribution is 5.94. The summed E-state index contributed by atoms with van der Waals surface area (Å²) < 4.78 is 0. The fraction of sp³-hybridized carbons (Fsp3) is 0.350. The van der Waals surface area contributed by atoms with Crippen LogP contribution in [0.4, 0.5) is 5.69 Å². The number of hydrogen-bond acceptors (Lipinski definition) is 2. The largest absolute Gasteiger partial charge is 0.381 e. The second-order valence-electron chi connectivity index (χ2n) is 6.42. The van der Waals surface area contributed by atoms with E-state index in [1.165, 1.54) is 12.0 Å². The lowest BCUT2D eigenvalue weighted by atomic mass is 9.99. The second-order valence-corrected chi connectivity index (χ2v) is 6.42. The maximum Gasteiger partial charge on any atom is 0.253 e. The lowest BCUT2D eigenvalue weighted by Crippen LogP contribution is -2.39. The minimum absolute atomic E-state index is 0.158. The molecule has 3 rings (SSSR count). The monoisotopic (exact) mass is 308 g/mol. The Bertz CT molecular complexity index is 636. The first-order chi connectivity index (χ1) is 11.2. The van der Waals surface area contributed by atoms with E-state index in [0.29, 0.717) is 5.92 Å². The van der Waals surface area contributed by atoms with Crippen LogP contribution >= 0.6 is 0 Å². The molecule has 1 unspecified atom stereocenters. The fourth-order valence-corrected chi connectivity index (χ4v) is 3.09. The normalized spacial score (nSPS) is 17.8. The molecule has 3 nitrogen and oxygen atoms in total. The number of benzene rings is 2. The van der Waals surface area contributed by atoms with Crippen LogP contribution < -0.4 is 5.32 Å². The van der Waals surface area contributed by atoms with Crippen LogP contribution in [-0.2, 0) is 6.54 Å². The number of piperidine rings is 1. The van der Waals surface area contributed by atoms with E-state index in [9.17, 15) is 4.79 Å². The summed E-state index contributed by atoms with van der Waals surface area (Å²) in [7, 11) is 0. The molecule has 1 atom stereocenters. The van der Waals surface area contributed by atoms with Crippen molar-refractivity contribution in [3.05, 3.63) is 65.7 Å². The van der Waals surface area contributed by atoms with Crippen LogP contribution in [-0.4, -0.2) is 23.9 Å². The SMILES string of the molecule is CC1CCCN(C(=O)c2ccc(NCc3ccccc3)cc2)C1. The first-order valence-electron chi connectivity index (χ1n) is 8.39. The van der Waals surface area contributed by atoms with Crippen molar-refractivity contribution in [2.75, 3.05) is 18.4 Å². The molecule has 0 spiro atoms. The highest BCUT2D eigenvalue weighted by Crippen LogP contribution is 2.19. The molecule has 1 aliphatic rings. The summed E-state index contributed by atoms with van der Waals surface area (Å²) in [6.45, 7) is 4.78. The van der Waals surface area contributed by atoms with Crippen molar-refractivity contribution in [3.63, 3.8) is 0 Å². The van der Waals surface area contributed by atoms with Gasteiger partial charge in [0.2, 0.25) is 0 Å². The zero-order valence-corrected chi connectivity index (χ0v) is 13.7. The van der Waals surface area contributed by atoms with Gasteiger partial charge in [0.05, 0.1) is 0 Å². The maximum atomic E-state index is 12.5. The lowest BCUT2D eigenvalue weighted by molar-refractivity contribution is 0.0683. The van der Waals surface area contributed by atoms with Crippen LogP contribution in [0.5, 0.6) is 0 Å². The number of anilines is 1. The second kappa shape index (κ2) is 7.32. The summed E-state index contributed by atoms with van der Waals surface area (Å²) in [5.74, 6) is 0.769. The Labute approximate surface area is 138 Å². The van der Waals surface area contributed by atoms with E-state index >= 15 is 0 Å². The van der Waals surface area contributed by atoms with Gasteiger partial charge in [-0.1, -0.05) is 37.3 Å². The molecule has 1 amide bonds. The van der Waals surface area contributed by atoms with Crippen LogP contribution in [0.3, 0.4) is 0 Å². The summed E-state index contributed by atoms with van der Waals surface area (Å²) >= 11 is 0. The molecule has 1 N–H and O–H groups in total. The highest BCUT2D eigenvalue weighted by atomic mass is 16.2. The van der Waals surface area contributed by atoms with Crippen LogP contribution in [0.1, 0.15) is 35.7 Å². The van der Waals surface area contributed by atoms with E-state index in [1.807, 2.05) is 47.4 Å². The Hall–Kier alpha value is -2.29. The lowest BCUT2D eigenvalue weighted by Gasteiger charge is -2.31. The minimum atomic E-state index is 0.158. The number of likely N-dealkylation sites (tertiary alicyclic amines) is 1. The van der Waals surface area contributed by atoms with Crippen molar-refractivity contribution in [1.82, 2.24) is 4.90 Å². The van der Waals surface area contributed by atoms with Gasteiger partial charge in [-0.2, -0.15) is 0 Å². The first-order valence-corrected chi connectivity index (χ1v) is 8.39. The van der Waals surface area contributed by atoms with Gasteiger partial charge in [0.15, 0.2) is 0 Å². The fourth-order valence-electron chi connectivity index (χ4n) is 3.09. The van der Waals surface area contributed by atoms with Gasteiger partial charge >= 0.3 is 0 Å².